The second-order valence-electron chi connectivity index (χ2n) is 4.98. The predicted octanol–water partition coefficient (Wildman–Crippen LogP) is 3.94. The van der Waals surface area contributed by atoms with Gasteiger partial charge in [0.15, 0.2) is 0 Å². The number of unbranched alkanes of at least 4 members (excludes halogenated alkanes) is 1. The zero-order valence-electron chi connectivity index (χ0n) is 13.2. The number of benzene rings is 1. The highest BCUT2D eigenvalue weighted by Gasteiger charge is 2.12. The average molecular weight is 279 g/mol. The first-order chi connectivity index (χ1) is 9.83. The molecule has 1 aromatic carbocycles. The molecule has 0 saturated carbocycles. The summed E-state index contributed by atoms with van der Waals surface area (Å²) in [6.07, 6.45) is 4.46. The van der Waals surface area contributed by atoms with Crippen LogP contribution in [0.4, 0.5) is 0 Å². The van der Waals surface area contributed by atoms with Gasteiger partial charge in [-0.15, -0.1) is 0 Å². The molecule has 1 N–H and O–H groups in total. The lowest BCUT2D eigenvalue weighted by atomic mass is 10.0. The van der Waals surface area contributed by atoms with Crippen molar-refractivity contribution in [2.45, 2.75) is 45.6 Å². The van der Waals surface area contributed by atoms with Gasteiger partial charge in [-0.25, -0.2) is 0 Å². The largest absolute Gasteiger partial charge is 0.496 e. The third-order valence-corrected chi connectivity index (χ3v) is 3.42. The number of para-hydroxylation sites is 1. The summed E-state index contributed by atoms with van der Waals surface area (Å²) in [6.45, 7) is 7.09. The molecule has 114 valence electrons. The molecule has 0 radical (unpaired) electrons. The maximum atomic E-state index is 5.58. The van der Waals surface area contributed by atoms with Crippen molar-refractivity contribution in [1.82, 2.24) is 5.32 Å². The maximum Gasteiger partial charge on any atom is 0.123 e. The van der Waals surface area contributed by atoms with Crippen molar-refractivity contribution >= 4 is 0 Å². The Morgan fingerprint density at radius 1 is 1.10 bits per heavy atom. The SMILES string of the molecule is CCCCOCCCNC(CC)c1ccccc1OC. The smallest absolute Gasteiger partial charge is 0.123 e. The number of methoxy groups -OCH3 is 1. The van der Waals surface area contributed by atoms with E-state index in [9.17, 15) is 0 Å². The molecule has 0 aliphatic rings. The Labute approximate surface area is 123 Å². The van der Waals surface area contributed by atoms with Crippen LogP contribution in [0.2, 0.25) is 0 Å². The molecule has 0 saturated heterocycles. The van der Waals surface area contributed by atoms with Crippen molar-refractivity contribution < 1.29 is 9.47 Å². The third kappa shape index (κ3) is 5.93. The van der Waals surface area contributed by atoms with Crippen molar-refractivity contribution in [2.24, 2.45) is 0 Å². The third-order valence-electron chi connectivity index (χ3n) is 3.42. The van der Waals surface area contributed by atoms with Gasteiger partial charge in [0.05, 0.1) is 7.11 Å². The molecule has 1 atom stereocenters. The van der Waals surface area contributed by atoms with Crippen molar-refractivity contribution in [3.63, 3.8) is 0 Å². The second kappa shape index (κ2) is 10.7. The van der Waals surface area contributed by atoms with E-state index in [0.29, 0.717) is 6.04 Å². The summed E-state index contributed by atoms with van der Waals surface area (Å²) >= 11 is 0. The average Bonchev–Trinajstić information content (AvgIpc) is 2.50. The number of ether oxygens (including phenoxy) is 2. The fraction of sp³-hybridized carbons (Fsp3) is 0.647. The molecule has 20 heavy (non-hydrogen) atoms. The molecule has 1 aromatic rings. The summed E-state index contributed by atoms with van der Waals surface area (Å²) in [6, 6.07) is 8.58. The molecule has 3 heteroatoms. The van der Waals surface area contributed by atoms with E-state index >= 15 is 0 Å². The van der Waals surface area contributed by atoms with E-state index < -0.39 is 0 Å². The van der Waals surface area contributed by atoms with Crippen LogP contribution in [0.5, 0.6) is 5.75 Å². The zero-order chi connectivity index (χ0) is 14.6. The van der Waals surface area contributed by atoms with E-state index in [2.05, 4.69) is 31.3 Å². The van der Waals surface area contributed by atoms with E-state index in [1.54, 1.807) is 7.11 Å². The van der Waals surface area contributed by atoms with Crippen LogP contribution in [0.3, 0.4) is 0 Å². The van der Waals surface area contributed by atoms with E-state index in [1.165, 1.54) is 12.0 Å². The molecular formula is C17H29NO2. The first kappa shape index (κ1) is 17.0. The summed E-state index contributed by atoms with van der Waals surface area (Å²) in [5.74, 6) is 0.964. The normalized spacial score (nSPS) is 12.3. The lowest BCUT2D eigenvalue weighted by molar-refractivity contribution is 0.128. The van der Waals surface area contributed by atoms with Gasteiger partial charge in [0.2, 0.25) is 0 Å². The van der Waals surface area contributed by atoms with Gasteiger partial charge >= 0.3 is 0 Å². The van der Waals surface area contributed by atoms with Crippen LogP contribution >= 0.6 is 0 Å². The Bertz CT molecular complexity index is 355. The van der Waals surface area contributed by atoms with Gasteiger partial charge in [0.1, 0.15) is 5.75 Å². The highest BCUT2D eigenvalue weighted by molar-refractivity contribution is 5.35. The van der Waals surface area contributed by atoms with Crippen LogP contribution in [0, 0.1) is 0 Å². The summed E-state index contributed by atoms with van der Waals surface area (Å²) < 4.78 is 11.0. The molecule has 0 fully saturated rings. The summed E-state index contributed by atoms with van der Waals surface area (Å²) in [7, 11) is 1.73. The van der Waals surface area contributed by atoms with Gasteiger partial charge in [0.25, 0.3) is 0 Å². The lowest BCUT2D eigenvalue weighted by Crippen LogP contribution is -2.23. The Hall–Kier alpha value is -1.06. The van der Waals surface area contributed by atoms with Gasteiger partial charge < -0.3 is 14.8 Å². The van der Waals surface area contributed by atoms with Crippen LogP contribution in [-0.4, -0.2) is 26.9 Å². The number of rotatable bonds is 11. The summed E-state index contributed by atoms with van der Waals surface area (Å²) in [5, 5.41) is 3.59. The van der Waals surface area contributed by atoms with E-state index in [1.807, 2.05) is 12.1 Å². The molecule has 0 aliphatic heterocycles. The molecule has 0 aliphatic carbocycles. The highest BCUT2D eigenvalue weighted by atomic mass is 16.5. The van der Waals surface area contributed by atoms with Crippen LogP contribution in [0.15, 0.2) is 24.3 Å². The van der Waals surface area contributed by atoms with Gasteiger partial charge in [0, 0.05) is 24.8 Å². The molecule has 0 spiro atoms. The summed E-state index contributed by atoms with van der Waals surface area (Å²) in [5.41, 5.74) is 1.24. The second-order valence-corrected chi connectivity index (χ2v) is 4.98. The number of nitrogens with one attached hydrogen (secondary N) is 1. The minimum Gasteiger partial charge on any atom is -0.496 e. The highest BCUT2D eigenvalue weighted by Crippen LogP contribution is 2.26. The molecule has 0 heterocycles. The molecule has 3 nitrogen and oxygen atoms in total. The van der Waals surface area contributed by atoms with Gasteiger partial charge in [-0.1, -0.05) is 38.5 Å². The standard InChI is InChI=1S/C17H29NO2/c1-4-6-13-20-14-9-12-18-16(5-2)15-10-7-8-11-17(15)19-3/h7-8,10-11,16,18H,4-6,9,12-14H2,1-3H3. The number of hydrogen-bond donors (Lipinski definition) is 1. The zero-order valence-corrected chi connectivity index (χ0v) is 13.2. The molecule has 1 unspecified atom stereocenters. The molecule has 0 amide bonds. The minimum atomic E-state index is 0.349. The quantitative estimate of drug-likeness (QED) is 0.622. The molecule has 1 rings (SSSR count). The van der Waals surface area contributed by atoms with Crippen molar-refractivity contribution in [2.75, 3.05) is 26.9 Å². The fourth-order valence-corrected chi connectivity index (χ4v) is 2.23. The monoisotopic (exact) mass is 279 g/mol. The Morgan fingerprint density at radius 2 is 1.85 bits per heavy atom. The van der Waals surface area contributed by atoms with E-state index in [-0.39, 0.29) is 0 Å². The first-order valence-corrected chi connectivity index (χ1v) is 7.77. The van der Waals surface area contributed by atoms with Crippen molar-refractivity contribution in [3.05, 3.63) is 29.8 Å². The predicted molar refractivity (Wildman–Crippen MR) is 84.4 cm³/mol. The molecule has 0 aromatic heterocycles. The Balaban J connectivity index is 2.32. The minimum absolute atomic E-state index is 0.349. The summed E-state index contributed by atoms with van der Waals surface area (Å²) in [4.78, 5) is 0. The maximum absolute atomic E-state index is 5.58. The van der Waals surface area contributed by atoms with Crippen molar-refractivity contribution in [1.29, 1.82) is 0 Å². The number of hydrogen-bond acceptors (Lipinski definition) is 3. The van der Waals surface area contributed by atoms with Crippen LogP contribution in [0.1, 0.15) is 51.1 Å². The van der Waals surface area contributed by atoms with Crippen LogP contribution in [0.25, 0.3) is 0 Å². The van der Waals surface area contributed by atoms with Crippen LogP contribution < -0.4 is 10.1 Å². The van der Waals surface area contributed by atoms with E-state index in [0.717, 1.165) is 44.8 Å². The fourth-order valence-electron chi connectivity index (χ4n) is 2.23. The van der Waals surface area contributed by atoms with Crippen LogP contribution in [-0.2, 0) is 4.74 Å². The topological polar surface area (TPSA) is 30.5 Å². The van der Waals surface area contributed by atoms with Gasteiger partial charge in [-0.2, -0.15) is 0 Å². The molecular weight excluding hydrogens is 250 g/mol. The lowest BCUT2D eigenvalue weighted by Gasteiger charge is -2.20. The molecule has 0 bridgehead atoms. The Morgan fingerprint density at radius 3 is 2.55 bits per heavy atom. The van der Waals surface area contributed by atoms with Gasteiger partial charge in [-0.3, -0.25) is 0 Å². The van der Waals surface area contributed by atoms with Crippen molar-refractivity contribution in [3.8, 4) is 5.75 Å². The Kier molecular flexibility index (Phi) is 9.09. The van der Waals surface area contributed by atoms with Gasteiger partial charge in [-0.05, 0) is 31.9 Å². The van der Waals surface area contributed by atoms with E-state index in [4.69, 9.17) is 9.47 Å². The first-order valence-electron chi connectivity index (χ1n) is 7.77.